The lowest BCUT2D eigenvalue weighted by molar-refractivity contribution is -0.135. The Morgan fingerprint density at radius 3 is 2.67 bits per heavy atom. The molecule has 0 radical (unpaired) electrons. The highest BCUT2D eigenvalue weighted by Crippen LogP contribution is 2.25. The molecular formula is C27H33N7O5. The van der Waals surface area contributed by atoms with Crippen LogP contribution >= 0.6 is 0 Å². The maximum atomic E-state index is 12.8. The fourth-order valence-corrected chi connectivity index (χ4v) is 4.62. The molecule has 2 amide bonds. The van der Waals surface area contributed by atoms with Gasteiger partial charge in [-0.05, 0) is 31.0 Å². The second-order valence-electron chi connectivity index (χ2n) is 9.39. The van der Waals surface area contributed by atoms with Crippen molar-refractivity contribution in [2.75, 3.05) is 26.1 Å². The van der Waals surface area contributed by atoms with Gasteiger partial charge in [0.25, 0.3) is 11.5 Å². The summed E-state index contributed by atoms with van der Waals surface area (Å²) in [6.45, 7) is -0.354. The van der Waals surface area contributed by atoms with Crippen molar-refractivity contribution in [3.05, 3.63) is 65.0 Å². The molecule has 1 aliphatic carbocycles. The molecule has 3 aromatic heterocycles. The number of anilines is 1. The van der Waals surface area contributed by atoms with E-state index >= 15 is 0 Å². The van der Waals surface area contributed by atoms with Gasteiger partial charge in [0.1, 0.15) is 18.0 Å². The minimum atomic E-state index is -0.448. The number of nitrogens with zero attached hydrogens (tertiary/aromatic N) is 5. The maximum absolute atomic E-state index is 12.8. The Morgan fingerprint density at radius 2 is 2.00 bits per heavy atom. The van der Waals surface area contributed by atoms with E-state index in [2.05, 4.69) is 20.6 Å². The van der Waals surface area contributed by atoms with E-state index in [0.717, 1.165) is 23.7 Å². The predicted octanol–water partition coefficient (Wildman–Crippen LogP) is 2.48. The van der Waals surface area contributed by atoms with Gasteiger partial charge in [-0.2, -0.15) is 10.2 Å². The second-order valence-corrected chi connectivity index (χ2v) is 9.39. The highest BCUT2D eigenvalue weighted by Gasteiger charge is 2.21. The molecule has 1 saturated carbocycles. The molecule has 0 spiro atoms. The van der Waals surface area contributed by atoms with Crippen LogP contribution in [0.2, 0.25) is 0 Å². The average molecular weight is 536 g/mol. The zero-order chi connectivity index (χ0) is 27.9. The Labute approximate surface area is 225 Å². The maximum Gasteiger partial charge on any atom is 0.278 e. The number of likely N-dealkylation sites (N-methyl/N-ethyl adjacent to an activating group) is 1. The lowest BCUT2D eigenvalue weighted by Gasteiger charge is -2.30. The Hall–Kier alpha value is -4.45. The number of fused-ring (bicyclic) bond motifs is 1. The summed E-state index contributed by atoms with van der Waals surface area (Å²) in [6, 6.07) is 6.96. The standard InChI is InChI=1S/C18H16N6O3.C9H17NO2/c1-23-10-12(9-20-23)24-5-3-4-14(18(24)26)21-17(25)13-6-11-8-19-22-15(11)7-16(13)27-2;1-10(9(12)7-11)8-5-3-2-4-6-8/h3-10H,1-2H3,(H,19,22)(H,21,25);8,11H,2-7H2,1H3. The van der Waals surface area contributed by atoms with Crippen LogP contribution in [-0.4, -0.2) is 73.2 Å². The van der Waals surface area contributed by atoms with Gasteiger partial charge in [-0.3, -0.25) is 28.7 Å². The number of amides is 2. The molecule has 12 heteroatoms. The lowest BCUT2D eigenvalue weighted by Crippen LogP contribution is -2.39. The summed E-state index contributed by atoms with van der Waals surface area (Å²) in [6.07, 6.45) is 12.4. The third-order valence-electron chi connectivity index (χ3n) is 6.82. The highest BCUT2D eigenvalue weighted by atomic mass is 16.5. The number of aromatic amines is 1. The third-order valence-corrected chi connectivity index (χ3v) is 6.82. The Morgan fingerprint density at radius 1 is 1.23 bits per heavy atom. The number of nitrogens with one attached hydrogen (secondary N) is 2. The molecule has 12 nitrogen and oxygen atoms in total. The fraction of sp³-hybridized carbons (Fsp3) is 0.370. The number of methoxy groups -OCH3 is 1. The topological polar surface area (TPSA) is 147 Å². The van der Waals surface area contributed by atoms with E-state index < -0.39 is 5.91 Å². The molecule has 0 saturated heterocycles. The smallest absolute Gasteiger partial charge is 0.278 e. The van der Waals surface area contributed by atoms with Crippen molar-refractivity contribution in [1.82, 2.24) is 29.4 Å². The zero-order valence-electron chi connectivity index (χ0n) is 22.3. The molecular weight excluding hydrogens is 502 g/mol. The first-order valence-corrected chi connectivity index (χ1v) is 12.7. The number of aliphatic hydroxyl groups is 1. The fourth-order valence-electron chi connectivity index (χ4n) is 4.62. The van der Waals surface area contributed by atoms with Crippen LogP contribution in [0.25, 0.3) is 16.6 Å². The van der Waals surface area contributed by atoms with Crippen LogP contribution in [0, 0.1) is 0 Å². The van der Waals surface area contributed by atoms with Gasteiger partial charge in [0.15, 0.2) is 0 Å². The summed E-state index contributed by atoms with van der Waals surface area (Å²) >= 11 is 0. The molecule has 3 heterocycles. The van der Waals surface area contributed by atoms with Crippen LogP contribution in [0.1, 0.15) is 42.5 Å². The number of aliphatic hydroxyl groups excluding tert-OH is 1. The van der Waals surface area contributed by atoms with E-state index in [1.807, 2.05) is 0 Å². The quantitative estimate of drug-likeness (QED) is 0.344. The number of carbonyl (C=O) groups is 2. The molecule has 4 aromatic rings. The van der Waals surface area contributed by atoms with Crippen LogP contribution in [-0.2, 0) is 11.8 Å². The number of hydrogen-bond donors (Lipinski definition) is 3. The minimum Gasteiger partial charge on any atom is -0.496 e. The van der Waals surface area contributed by atoms with Crippen molar-refractivity contribution in [2.24, 2.45) is 7.05 Å². The van der Waals surface area contributed by atoms with Crippen molar-refractivity contribution < 1.29 is 19.4 Å². The van der Waals surface area contributed by atoms with Crippen LogP contribution in [0.3, 0.4) is 0 Å². The first-order chi connectivity index (χ1) is 18.8. The van der Waals surface area contributed by atoms with E-state index in [9.17, 15) is 14.4 Å². The van der Waals surface area contributed by atoms with Gasteiger partial charge in [-0.15, -0.1) is 0 Å². The molecule has 1 fully saturated rings. The van der Waals surface area contributed by atoms with E-state index in [-0.39, 0.29) is 23.8 Å². The van der Waals surface area contributed by atoms with Crippen molar-refractivity contribution in [3.63, 3.8) is 0 Å². The largest absolute Gasteiger partial charge is 0.496 e. The van der Waals surface area contributed by atoms with Gasteiger partial charge < -0.3 is 20.1 Å². The van der Waals surface area contributed by atoms with Crippen LogP contribution in [0.5, 0.6) is 5.75 Å². The van der Waals surface area contributed by atoms with E-state index in [0.29, 0.717) is 23.0 Å². The predicted molar refractivity (Wildman–Crippen MR) is 146 cm³/mol. The molecule has 39 heavy (non-hydrogen) atoms. The van der Waals surface area contributed by atoms with Gasteiger partial charge in [-0.25, -0.2) is 0 Å². The summed E-state index contributed by atoms with van der Waals surface area (Å²) < 4.78 is 8.32. The number of aryl methyl sites for hydroxylation is 1. The summed E-state index contributed by atoms with van der Waals surface area (Å²) in [7, 11) is 5.03. The molecule has 0 aliphatic heterocycles. The SMILES string of the molecule is CN(C(=O)CO)C1CCCCC1.COc1cc2[nH]ncc2cc1C(=O)Nc1cccn(-c2cnn(C)c2)c1=O. The van der Waals surface area contributed by atoms with Gasteiger partial charge >= 0.3 is 0 Å². The number of ether oxygens (including phenoxy) is 1. The first kappa shape index (κ1) is 27.6. The van der Waals surface area contributed by atoms with Crippen LogP contribution in [0.15, 0.2) is 53.8 Å². The molecule has 206 valence electrons. The van der Waals surface area contributed by atoms with Crippen molar-refractivity contribution in [1.29, 1.82) is 0 Å². The van der Waals surface area contributed by atoms with Crippen LogP contribution < -0.4 is 15.6 Å². The molecule has 0 atom stereocenters. The number of aromatic nitrogens is 5. The number of hydrogen-bond acceptors (Lipinski definition) is 7. The number of H-pyrrole nitrogens is 1. The third kappa shape index (κ3) is 6.34. The molecule has 5 rings (SSSR count). The van der Waals surface area contributed by atoms with E-state index in [4.69, 9.17) is 9.84 Å². The number of pyridine rings is 1. The normalized spacial score (nSPS) is 13.4. The van der Waals surface area contributed by atoms with E-state index in [1.54, 1.807) is 72.7 Å². The monoisotopic (exact) mass is 535 g/mol. The Bertz CT molecular complexity index is 1500. The summed E-state index contributed by atoms with van der Waals surface area (Å²) in [4.78, 5) is 38.3. The molecule has 0 bridgehead atoms. The number of rotatable bonds is 6. The molecule has 0 unspecified atom stereocenters. The minimum absolute atomic E-state index is 0.151. The van der Waals surface area contributed by atoms with Crippen molar-refractivity contribution in [2.45, 2.75) is 38.1 Å². The van der Waals surface area contributed by atoms with E-state index in [1.165, 1.54) is 30.9 Å². The highest BCUT2D eigenvalue weighted by molar-refractivity contribution is 6.08. The second kappa shape index (κ2) is 12.4. The van der Waals surface area contributed by atoms with Gasteiger partial charge in [0.2, 0.25) is 5.91 Å². The van der Waals surface area contributed by atoms with Gasteiger partial charge in [-0.1, -0.05) is 19.3 Å². The Balaban J connectivity index is 0.000000247. The summed E-state index contributed by atoms with van der Waals surface area (Å²) in [5.74, 6) is -0.217. The van der Waals surface area contributed by atoms with Crippen molar-refractivity contribution >= 4 is 28.4 Å². The summed E-state index contributed by atoms with van der Waals surface area (Å²) in [5, 5.41) is 22.9. The number of benzene rings is 1. The molecule has 3 N–H and O–H groups in total. The average Bonchev–Trinajstić information content (AvgIpc) is 3.61. The number of carbonyl (C=O) groups excluding carboxylic acids is 2. The lowest BCUT2D eigenvalue weighted by atomic mass is 9.94. The van der Waals surface area contributed by atoms with Crippen LogP contribution in [0.4, 0.5) is 5.69 Å². The molecule has 1 aliphatic rings. The Kier molecular flexibility index (Phi) is 8.77. The van der Waals surface area contributed by atoms with Gasteiger partial charge in [0, 0.05) is 44.0 Å². The van der Waals surface area contributed by atoms with Crippen molar-refractivity contribution in [3.8, 4) is 11.4 Å². The summed E-state index contributed by atoms with van der Waals surface area (Å²) in [5.41, 5.74) is 1.46. The zero-order valence-corrected chi connectivity index (χ0v) is 22.3. The first-order valence-electron chi connectivity index (χ1n) is 12.7. The molecule has 1 aromatic carbocycles. The van der Waals surface area contributed by atoms with Gasteiger partial charge in [0.05, 0.1) is 36.3 Å².